The molecule has 0 N–H and O–H groups in total. The standard InChI is InChI=1S/C20H16FN3O/c1-23-12-17(11-22-23)15-6-7-16(18(21)10-15)13-24-19-5-3-2-4-14(19)8-9-20(24)25/h2-12H,13H2,1H3. The van der Waals surface area contributed by atoms with E-state index in [9.17, 15) is 9.18 Å². The molecule has 0 radical (unpaired) electrons. The van der Waals surface area contributed by atoms with Crippen LogP contribution in [-0.4, -0.2) is 14.3 Å². The highest BCUT2D eigenvalue weighted by Crippen LogP contribution is 2.22. The first kappa shape index (κ1) is 15.3. The first-order valence-electron chi connectivity index (χ1n) is 7.98. The molecule has 2 heterocycles. The van der Waals surface area contributed by atoms with Crippen LogP contribution in [0.25, 0.3) is 22.0 Å². The van der Waals surface area contributed by atoms with Crippen LogP contribution in [0.3, 0.4) is 0 Å². The van der Waals surface area contributed by atoms with Gasteiger partial charge < -0.3 is 4.57 Å². The van der Waals surface area contributed by atoms with Crippen LogP contribution in [0.4, 0.5) is 4.39 Å². The Bertz CT molecular complexity index is 1130. The second-order valence-corrected chi connectivity index (χ2v) is 6.03. The van der Waals surface area contributed by atoms with Gasteiger partial charge in [0.25, 0.3) is 5.56 Å². The van der Waals surface area contributed by atoms with Crippen molar-refractivity contribution in [2.75, 3.05) is 0 Å². The van der Waals surface area contributed by atoms with Gasteiger partial charge >= 0.3 is 0 Å². The molecule has 25 heavy (non-hydrogen) atoms. The average molecular weight is 333 g/mol. The van der Waals surface area contributed by atoms with Gasteiger partial charge in [0.2, 0.25) is 0 Å². The van der Waals surface area contributed by atoms with Gasteiger partial charge in [-0.2, -0.15) is 5.10 Å². The van der Waals surface area contributed by atoms with Crippen molar-refractivity contribution in [3.63, 3.8) is 0 Å². The molecule has 0 amide bonds. The molecule has 0 saturated heterocycles. The molecule has 0 spiro atoms. The van der Waals surface area contributed by atoms with Crippen LogP contribution in [0.15, 0.2) is 71.8 Å². The second kappa shape index (κ2) is 6.02. The molecule has 0 aliphatic carbocycles. The number of rotatable bonds is 3. The normalized spacial score (nSPS) is 11.1. The van der Waals surface area contributed by atoms with Crippen LogP contribution >= 0.6 is 0 Å². The van der Waals surface area contributed by atoms with Crippen molar-refractivity contribution in [1.29, 1.82) is 0 Å². The van der Waals surface area contributed by atoms with Gasteiger partial charge in [-0.3, -0.25) is 9.48 Å². The SMILES string of the molecule is Cn1cc(-c2ccc(Cn3c(=O)ccc4ccccc43)c(F)c2)cn1. The van der Waals surface area contributed by atoms with E-state index in [1.807, 2.05) is 43.6 Å². The molecule has 4 nitrogen and oxygen atoms in total. The lowest BCUT2D eigenvalue weighted by molar-refractivity contribution is 0.600. The van der Waals surface area contributed by atoms with Crippen molar-refractivity contribution in [3.05, 3.63) is 88.7 Å². The average Bonchev–Trinajstić information content (AvgIpc) is 3.05. The van der Waals surface area contributed by atoms with Crippen molar-refractivity contribution in [3.8, 4) is 11.1 Å². The van der Waals surface area contributed by atoms with Gasteiger partial charge in [-0.25, -0.2) is 4.39 Å². The zero-order valence-corrected chi connectivity index (χ0v) is 13.7. The summed E-state index contributed by atoms with van der Waals surface area (Å²) in [6.45, 7) is 0.194. The molecule has 124 valence electrons. The number of nitrogens with zero attached hydrogens (tertiary/aromatic N) is 3. The summed E-state index contributed by atoms with van der Waals surface area (Å²) < 4.78 is 17.9. The van der Waals surface area contributed by atoms with Crippen molar-refractivity contribution >= 4 is 10.9 Å². The molecule has 0 aliphatic heterocycles. The number of hydrogen-bond donors (Lipinski definition) is 0. The largest absolute Gasteiger partial charge is 0.304 e. The van der Waals surface area contributed by atoms with Crippen LogP contribution in [-0.2, 0) is 13.6 Å². The molecule has 0 unspecified atom stereocenters. The van der Waals surface area contributed by atoms with Gasteiger partial charge in [0.1, 0.15) is 5.82 Å². The van der Waals surface area contributed by atoms with Gasteiger partial charge in [-0.1, -0.05) is 30.3 Å². The zero-order valence-electron chi connectivity index (χ0n) is 13.7. The lowest BCUT2D eigenvalue weighted by atomic mass is 10.1. The van der Waals surface area contributed by atoms with Gasteiger partial charge in [0.05, 0.1) is 18.3 Å². The van der Waals surface area contributed by atoms with Crippen LogP contribution in [0.2, 0.25) is 0 Å². The smallest absolute Gasteiger partial charge is 0.251 e. The summed E-state index contributed by atoms with van der Waals surface area (Å²) in [7, 11) is 1.82. The highest BCUT2D eigenvalue weighted by atomic mass is 19.1. The Kier molecular flexibility index (Phi) is 3.69. The third-order valence-electron chi connectivity index (χ3n) is 4.32. The molecule has 5 heteroatoms. The maximum atomic E-state index is 14.6. The summed E-state index contributed by atoms with van der Waals surface area (Å²) in [5, 5.41) is 5.06. The Balaban J connectivity index is 1.75. The fraction of sp³-hybridized carbons (Fsp3) is 0.100. The number of halogens is 1. The maximum Gasteiger partial charge on any atom is 0.251 e. The summed E-state index contributed by atoms with van der Waals surface area (Å²) in [6.07, 6.45) is 3.54. The van der Waals surface area contributed by atoms with E-state index in [0.29, 0.717) is 5.56 Å². The fourth-order valence-electron chi connectivity index (χ4n) is 3.00. The molecular formula is C20H16FN3O. The minimum Gasteiger partial charge on any atom is -0.304 e. The molecule has 4 aromatic rings. The van der Waals surface area contributed by atoms with E-state index in [1.54, 1.807) is 27.6 Å². The van der Waals surface area contributed by atoms with E-state index in [2.05, 4.69) is 5.10 Å². The third-order valence-corrected chi connectivity index (χ3v) is 4.32. The van der Waals surface area contributed by atoms with E-state index < -0.39 is 0 Å². The van der Waals surface area contributed by atoms with Crippen LogP contribution < -0.4 is 5.56 Å². The summed E-state index contributed by atoms with van der Waals surface area (Å²) in [4.78, 5) is 12.3. The van der Waals surface area contributed by atoms with E-state index >= 15 is 0 Å². The highest BCUT2D eigenvalue weighted by Gasteiger charge is 2.10. The van der Waals surface area contributed by atoms with Gasteiger partial charge in [0.15, 0.2) is 0 Å². The Labute approximate surface area is 143 Å². The predicted octanol–water partition coefficient (Wildman–Crippen LogP) is 3.59. The minimum atomic E-state index is -0.332. The molecule has 2 aromatic heterocycles. The Morgan fingerprint density at radius 2 is 1.88 bits per heavy atom. The number of aryl methyl sites for hydroxylation is 1. The highest BCUT2D eigenvalue weighted by molar-refractivity contribution is 5.78. The van der Waals surface area contributed by atoms with Crippen molar-refractivity contribution in [2.24, 2.45) is 7.05 Å². The van der Waals surface area contributed by atoms with Gasteiger partial charge in [-0.05, 0) is 29.1 Å². The van der Waals surface area contributed by atoms with E-state index in [4.69, 9.17) is 0 Å². The number of benzene rings is 2. The number of para-hydroxylation sites is 1. The van der Waals surface area contributed by atoms with E-state index in [1.165, 1.54) is 12.1 Å². The lowest BCUT2D eigenvalue weighted by Crippen LogP contribution is -2.20. The quantitative estimate of drug-likeness (QED) is 0.575. The number of aromatic nitrogens is 3. The van der Waals surface area contributed by atoms with E-state index in [0.717, 1.165) is 22.0 Å². The van der Waals surface area contributed by atoms with E-state index in [-0.39, 0.29) is 17.9 Å². The molecule has 0 saturated carbocycles. The van der Waals surface area contributed by atoms with Crippen molar-refractivity contribution < 1.29 is 4.39 Å². The second-order valence-electron chi connectivity index (χ2n) is 6.03. The number of pyridine rings is 1. The number of fused-ring (bicyclic) bond motifs is 1. The number of hydrogen-bond acceptors (Lipinski definition) is 2. The van der Waals surface area contributed by atoms with Crippen LogP contribution in [0.1, 0.15) is 5.56 Å². The Hall–Kier alpha value is -3.21. The summed E-state index contributed by atoms with van der Waals surface area (Å²) in [6, 6.07) is 16.0. The van der Waals surface area contributed by atoms with Crippen LogP contribution in [0, 0.1) is 5.82 Å². The maximum absolute atomic E-state index is 14.6. The lowest BCUT2D eigenvalue weighted by Gasteiger charge is -2.11. The molecule has 0 aliphatic rings. The molecule has 0 atom stereocenters. The van der Waals surface area contributed by atoms with Gasteiger partial charge in [-0.15, -0.1) is 0 Å². The third kappa shape index (κ3) is 2.85. The predicted molar refractivity (Wildman–Crippen MR) is 95.9 cm³/mol. The monoisotopic (exact) mass is 333 g/mol. The molecule has 4 rings (SSSR count). The van der Waals surface area contributed by atoms with Crippen molar-refractivity contribution in [2.45, 2.75) is 6.54 Å². The molecule has 0 bridgehead atoms. The molecule has 2 aromatic carbocycles. The Morgan fingerprint density at radius 3 is 2.64 bits per heavy atom. The molecule has 0 fully saturated rings. The summed E-state index contributed by atoms with van der Waals surface area (Å²) >= 11 is 0. The van der Waals surface area contributed by atoms with Crippen molar-refractivity contribution in [1.82, 2.24) is 14.3 Å². The zero-order chi connectivity index (χ0) is 17.4. The minimum absolute atomic E-state index is 0.144. The fourth-order valence-corrected chi connectivity index (χ4v) is 3.00. The Morgan fingerprint density at radius 1 is 1.04 bits per heavy atom. The summed E-state index contributed by atoms with van der Waals surface area (Å²) in [5.41, 5.74) is 2.75. The first-order chi connectivity index (χ1) is 12.1. The first-order valence-corrected chi connectivity index (χ1v) is 7.98. The van der Waals surface area contributed by atoms with Gasteiger partial charge in [0, 0.05) is 30.4 Å². The van der Waals surface area contributed by atoms with Crippen LogP contribution in [0.5, 0.6) is 0 Å². The summed E-state index contributed by atoms with van der Waals surface area (Å²) in [5.74, 6) is -0.332. The molecular weight excluding hydrogens is 317 g/mol. The topological polar surface area (TPSA) is 39.8 Å².